The van der Waals surface area contributed by atoms with Crippen LogP contribution in [-0.2, 0) is 0 Å². The molecule has 4 rings (SSSR count). The zero-order valence-corrected chi connectivity index (χ0v) is 14.3. The van der Waals surface area contributed by atoms with Gasteiger partial charge >= 0.3 is 0 Å². The maximum Gasteiger partial charge on any atom is 0.0210 e. The van der Waals surface area contributed by atoms with Crippen molar-refractivity contribution >= 4 is 15.9 Å². The van der Waals surface area contributed by atoms with Crippen LogP contribution in [0.5, 0.6) is 0 Å². The van der Waals surface area contributed by atoms with E-state index < -0.39 is 0 Å². The van der Waals surface area contributed by atoms with Gasteiger partial charge in [0.2, 0.25) is 0 Å². The van der Waals surface area contributed by atoms with Crippen molar-refractivity contribution < 1.29 is 0 Å². The molecule has 0 saturated heterocycles. The Hall–Kier alpha value is -0.340. The molecule has 0 spiro atoms. The van der Waals surface area contributed by atoms with E-state index in [-0.39, 0.29) is 0 Å². The lowest BCUT2D eigenvalue weighted by atomic mass is 9.80. The molecule has 0 aliphatic heterocycles. The number of halogens is 1. The van der Waals surface area contributed by atoms with Crippen LogP contribution in [0.2, 0.25) is 0 Å². The van der Waals surface area contributed by atoms with Gasteiger partial charge in [-0.3, -0.25) is 0 Å². The Bertz CT molecular complexity index is 496. The maximum atomic E-state index is 3.78. The molecule has 4 unspecified atom stereocenters. The average molecular weight is 348 g/mol. The average Bonchev–Trinajstić information content (AvgIpc) is 3.09. The molecule has 3 saturated carbocycles. The second-order valence-corrected chi connectivity index (χ2v) is 8.43. The highest BCUT2D eigenvalue weighted by molar-refractivity contribution is 9.10. The van der Waals surface area contributed by atoms with Crippen LogP contribution >= 0.6 is 15.9 Å². The Morgan fingerprint density at radius 2 is 1.95 bits per heavy atom. The van der Waals surface area contributed by atoms with Crippen molar-refractivity contribution in [1.29, 1.82) is 0 Å². The van der Waals surface area contributed by atoms with Crippen molar-refractivity contribution in [3.63, 3.8) is 0 Å². The van der Waals surface area contributed by atoms with Gasteiger partial charge in [-0.15, -0.1) is 0 Å². The molecule has 0 radical (unpaired) electrons. The van der Waals surface area contributed by atoms with E-state index in [0.29, 0.717) is 5.92 Å². The van der Waals surface area contributed by atoms with Gasteiger partial charge in [-0.05, 0) is 73.8 Å². The van der Waals surface area contributed by atoms with E-state index in [1.54, 1.807) is 0 Å². The van der Waals surface area contributed by atoms with E-state index in [1.165, 1.54) is 61.5 Å². The summed E-state index contributed by atoms with van der Waals surface area (Å²) in [6.45, 7) is 1.17. The summed E-state index contributed by atoms with van der Waals surface area (Å²) in [4.78, 5) is 0. The van der Waals surface area contributed by atoms with Gasteiger partial charge in [0, 0.05) is 17.1 Å². The van der Waals surface area contributed by atoms with Gasteiger partial charge in [-0.25, -0.2) is 0 Å². The predicted molar refractivity (Wildman–Crippen MR) is 91.5 cm³/mol. The summed E-state index contributed by atoms with van der Waals surface area (Å²) in [6, 6.07) is 9.69. The highest BCUT2D eigenvalue weighted by Crippen LogP contribution is 2.51. The molecule has 114 valence electrons. The van der Waals surface area contributed by atoms with Crippen LogP contribution in [0.1, 0.15) is 56.4 Å². The van der Waals surface area contributed by atoms with Crippen LogP contribution in [0.15, 0.2) is 28.7 Å². The molecule has 0 heterocycles. The molecule has 1 nitrogen and oxygen atoms in total. The highest BCUT2D eigenvalue weighted by Gasteiger charge is 2.40. The highest BCUT2D eigenvalue weighted by atomic mass is 79.9. The zero-order chi connectivity index (χ0) is 14.2. The molecule has 1 aromatic rings. The fourth-order valence-electron chi connectivity index (χ4n) is 4.75. The second kappa shape index (κ2) is 6.04. The lowest BCUT2D eigenvalue weighted by molar-refractivity contribution is 0.291. The summed E-state index contributed by atoms with van der Waals surface area (Å²) >= 11 is 3.78. The predicted octanol–water partition coefficient (Wildman–Crippen LogP) is 5.11. The summed E-state index contributed by atoms with van der Waals surface area (Å²) < 4.78 is 1.30. The Morgan fingerprint density at radius 3 is 2.62 bits per heavy atom. The lowest BCUT2D eigenvalue weighted by Crippen LogP contribution is -2.26. The minimum Gasteiger partial charge on any atom is -0.313 e. The molecule has 4 atom stereocenters. The second-order valence-electron chi connectivity index (χ2n) is 7.57. The van der Waals surface area contributed by atoms with Gasteiger partial charge in [-0.2, -0.15) is 0 Å². The quantitative estimate of drug-likeness (QED) is 0.753. The molecular formula is C19H26BrN. The van der Waals surface area contributed by atoms with Gasteiger partial charge in [0.05, 0.1) is 0 Å². The number of hydrogen-bond acceptors (Lipinski definition) is 1. The van der Waals surface area contributed by atoms with E-state index in [4.69, 9.17) is 0 Å². The molecule has 0 amide bonds. The maximum absolute atomic E-state index is 3.78. The smallest absolute Gasteiger partial charge is 0.0210 e. The zero-order valence-electron chi connectivity index (χ0n) is 12.7. The fraction of sp³-hybridized carbons (Fsp3) is 0.684. The first-order valence-electron chi connectivity index (χ1n) is 8.77. The van der Waals surface area contributed by atoms with Crippen molar-refractivity contribution in [1.82, 2.24) is 5.32 Å². The van der Waals surface area contributed by atoms with Crippen LogP contribution in [0.4, 0.5) is 0 Å². The molecule has 2 heteroatoms. The number of fused-ring (bicyclic) bond motifs is 2. The van der Waals surface area contributed by atoms with Crippen LogP contribution in [0, 0.1) is 17.8 Å². The van der Waals surface area contributed by atoms with Gasteiger partial charge in [-0.1, -0.05) is 40.5 Å². The third kappa shape index (κ3) is 3.22. The molecular weight excluding hydrogens is 322 g/mol. The van der Waals surface area contributed by atoms with Gasteiger partial charge in [0.25, 0.3) is 0 Å². The molecule has 0 aromatic heterocycles. The van der Waals surface area contributed by atoms with Crippen LogP contribution in [0.25, 0.3) is 0 Å². The Labute approximate surface area is 137 Å². The molecule has 21 heavy (non-hydrogen) atoms. The summed E-state index contributed by atoms with van der Waals surface area (Å²) in [6.07, 6.45) is 10.2. The minimum atomic E-state index is 0.686. The van der Waals surface area contributed by atoms with E-state index in [1.807, 2.05) is 0 Å². The first kappa shape index (κ1) is 14.3. The van der Waals surface area contributed by atoms with Crippen molar-refractivity contribution in [3.05, 3.63) is 34.3 Å². The van der Waals surface area contributed by atoms with Crippen LogP contribution in [-0.4, -0.2) is 12.6 Å². The monoisotopic (exact) mass is 347 g/mol. The molecule has 3 aliphatic rings. The van der Waals surface area contributed by atoms with Crippen LogP contribution < -0.4 is 5.32 Å². The number of benzene rings is 1. The van der Waals surface area contributed by atoms with E-state index in [9.17, 15) is 0 Å². The van der Waals surface area contributed by atoms with E-state index in [2.05, 4.69) is 45.5 Å². The summed E-state index contributed by atoms with van der Waals surface area (Å²) in [7, 11) is 0. The van der Waals surface area contributed by atoms with Crippen molar-refractivity contribution in [2.24, 2.45) is 17.8 Å². The molecule has 1 aromatic carbocycles. The number of rotatable bonds is 6. The fourth-order valence-corrected chi connectivity index (χ4v) is 5.36. The Balaban J connectivity index is 1.47. The molecule has 3 fully saturated rings. The minimum absolute atomic E-state index is 0.686. The third-order valence-electron chi connectivity index (χ3n) is 6.05. The normalized spacial score (nSPS) is 32.5. The van der Waals surface area contributed by atoms with E-state index >= 15 is 0 Å². The Kier molecular flexibility index (Phi) is 4.10. The van der Waals surface area contributed by atoms with Crippen molar-refractivity contribution in [3.8, 4) is 0 Å². The van der Waals surface area contributed by atoms with Crippen molar-refractivity contribution in [2.75, 3.05) is 6.54 Å². The Morgan fingerprint density at radius 1 is 1.10 bits per heavy atom. The largest absolute Gasteiger partial charge is 0.313 e. The third-order valence-corrected chi connectivity index (χ3v) is 6.77. The number of hydrogen-bond donors (Lipinski definition) is 1. The van der Waals surface area contributed by atoms with Crippen LogP contribution in [0.3, 0.4) is 0 Å². The lowest BCUT2D eigenvalue weighted by Gasteiger charge is -2.28. The van der Waals surface area contributed by atoms with E-state index in [0.717, 1.165) is 23.8 Å². The summed E-state index contributed by atoms with van der Waals surface area (Å²) in [5.74, 6) is 3.78. The van der Waals surface area contributed by atoms with Gasteiger partial charge in [0.1, 0.15) is 0 Å². The van der Waals surface area contributed by atoms with Crippen molar-refractivity contribution in [2.45, 2.75) is 56.9 Å². The van der Waals surface area contributed by atoms with Gasteiger partial charge in [0.15, 0.2) is 0 Å². The first-order chi connectivity index (χ1) is 10.3. The standard InChI is InChI=1S/C19H26BrN/c20-19-4-2-1-3-18(19)16(12-21-17-7-8-17)11-15-10-13-5-6-14(15)9-13/h1-4,13-17,21H,5-12H2. The molecule has 2 bridgehead atoms. The summed E-state index contributed by atoms with van der Waals surface area (Å²) in [5.41, 5.74) is 1.52. The summed E-state index contributed by atoms with van der Waals surface area (Å²) in [5, 5.41) is 3.78. The first-order valence-corrected chi connectivity index (χ1v) is 9.56. The molecule has 1 N–H and O–H groups in total. The molecule has 3 aliphatic carbocycles. The SMILES string of the molecule is Brc1ccccc1C(CNC1CC1)CC1CC2CCC1C2. The van der Waals surface area contributed by atoms with Gasteiger partial charge < -0.3 is 5.32 Å². The number of nitrogens with one attached hydrogen (secondary N) is 1. The topological polar surface area (TPSA) is 12.0 Å².